The van der Waals surface area contributed by atoms with Crippen molar-refractivity contribution in [2.45, 2.75) is 0 Å². The first kappa shape index (κ1) is 11.4. The zero-order valence-electron chi connectivity index (χ0n) is 8.11. The van der Waals surface area contributed by atoms with E-state index >= 15 is 0 Å². The first-order valence-corrected chi connectivity index (χ1v) is 5.91. The fraction of sp³-hybridized carbons (Fsp3) is 0. The van der Waals surface area contributed by atoms with Gasteiger partial charge in [0, 0.05) is 9.77 Å². The Bertz CT molecular complexity index is 518. The lowest BCUT2D eigenvalue weighted by Crippen LogP contribution is -1.99. The summed E-state index contributed by atoms with van der Waals surface area (Å²) in [5, 5.41) is 3.63. The number of anilines is 3. The fourth-order valence-electron chi connectivity index (χ4n) is 1.14. The molecule has 2 aromatic rings. The highest BCUT2D eigenvalue weighted by molar-refractivity contribution is 14.1. The standard InChI is InChI=1S/C10H8ClIN4/c11-7-5-6(12)1-2-8(7)15-10-14-4-3-9(13)16-10/h1-5H,(H3,13,14,15,16). The summed E-state index contributed by atoms with van der Waals surface area (Å²) >= 11 is 8.26. The van der Waals surface area contributed by atoms with Gasteiger partial charge >= 0.3 is 0 Å². The molecule has 6 heteroatoms. The van der Waals surface area contributed by atoms with E-state index in [0.29, 0.717) is 16.8 Å². The highest BCUT2D eigenvalue weighted by Crippen LogP contribution is 2.25. The Morgan fingerprint density at radius 1 is 1.31 bits per heavy atom. The third-order valence-corrected chi connectivity index (χ3v) is 2.84. The van der Waals surface area contributed by atoms with Crippen molar-refractivity contribution in [3.63, 3.8) is 0 Å². The summed E-state index contributed by atoms with van der Waals surface area (Å²) in [5.74, 6) is 0.849. The van der Waals surface area contributed by atoms with E-state index in [2.05, 4.69) is 37.9 Å². The average Bonchev–Trinajstić information content (AvgIpc) is 2.22. The monoisotopic (exact) mass is 346 g/mol. The van der Waals surface area contributed by atoms with Gasteiger partial charge in [-0.1, -0.05) is 11.6 Å². The molecule has 0 bridgehead atoms. The van der Waals surface area contributed by atoms with E-state index in [1.807, 2.05) is 18.2 Å². The molecule has 82 valence electrons. The van der Waals surface area contributed by atoms with Gasteiger partial charge in [-0.2, -0.15) is 4.98 Å². The van der Waals surface area contributed by atoms with Gasteiger partial charge in [-0.3, -0.25) is 0 Å². The van der Waals surface area contributed by atoms with E-state index in [9.17, 15) is 0 Å². The Kier molecular flexibility index (Phi) is 3.45. The summed E-state index contributed by atoms with van der Waals surface area (Å²) in [5.41, 5.74) is 6.31. The van der Waals surface area contributed by atoms with Crippen molar-refractivity contribution >= 4 is 51.6 Å². The van der Waals surface area contributed by atoms with Gasteiger partial charge in [0.15, 0.2) is 0 Å². The van der Waals surface area contributed by atoms with Crippen LogP contribution in [0.2, 0.25) is 5.02 Å². The predicted molar refractivity (Wildman–Crippen MR) is 73.9 cm³/mol. The first-order chi connectivity index (χ1) is 7.65. The van der Waals surface area contributed by atoms with Gasteiger partial charge in [-0.25, -0.2) is 4.98 Å². The second-order valence-corrected chi connectivity index (χ2v) is 4.71. The molecule has 1 aromatic heterocycles. The fourth-order valence-corrected chi connectivity index (χ4v) is 2.05. The summed E-state index contributed by atoms with van der Waals surface area (Å²) in [4.78, 5) is 8.06. The van der Waals surface area contributed by atoms with Crippen molar-refractivity contribution in [2.75, 3.05) is 11.1 Å². The van der Waals surface area contributed by atoms with Gasteiger partial charge in [-0.05, 0) is 46.9 Å². The Morgan fingerprint density at radius 3 is 2.81 bits per heavy atom. The van der Waals surface area contributed by atoms with Gasteiger partial charge < -0.3 is 11.1 Å². The number of benzene rings is 1. The molecule has 3 N–H and O–H groups in total. The lowest BCUT2D eigenvalue weighted by Gasteiger charge is -2.07. The Balaban J connectivity index is 2.27. The van der Waals surface area contributed by atoms with Crippen molar-refractivity contribution in [3.05, 3.63) is 39.1 Å². The van der Waals surface area contributed by atoms with Crippen LogP contribution in [0.4, 0.5) is 17.5 Å². The second-order valence-electron chi connectivity index (χ2n) is 3.05. The van der Waals surface area contributed by atoms with Crippen molar-refractivity contribution in [1.29, 1.82) is 0 Å². The highest BCUT2D eigenvalue weighted by Gasteiger charge is 2.03. The van der Waals surface area contributed by atoms with Crippen molar-refractivity contribution in [2.24, 2.45) is 0 Å². The van der Waals surface area contributed by atoms with Crippen molar-refractivity contribution < 1.29 is 0 Å². The van der Waals surface area contributed by atoms with Gasteiger partial charge in [-0.15, -0.1) is 0 Å². The van der Waals surface area contributed by atoms with Crippen LogP contribution in [0.25, 0.3) is 0 Å². The summed E-state index contributed by atoms with van der Waals surface area (Å²) in [6.07, 6.45) is 1.59. The number of rotatable bonds is 2. The molecule has 0 aliphatic heterocycles. The zero-order chi connectivity index (χ0) is 11.5. The lowest BCUT2D eigenvalue weighted by molar-refractivity contribution is 1.17. The van der Waals surface area contributed by atoms with Crippen LogP contribution in [-0.2, 0) is 0 Å². The quantitative estimate of drug-likeness (QED) is 0.820. The minimum atomic E-state index is 0.416. The van der Waals surface area contributed by atoms with E-state index in [1.54, 1.807) is 12.3 Å². The molecule has 2 rings (SSSR count). The topological polar surface area (TPSA) is 63.8 Å². The number of nitrogens with two attached hydrogens (primary N) is 1. The van der Waals surface area contributed by atoms with E-state index in [-0.39, 0.29) is 0 Å². The van der Waals surface area contributed by atoms with Gasteiger partial charge in [0.1, 0.15) is 5.82 Å². The van der Waals surface area contributed by atoms with E-state index in [0.717, 1.165) is 9.26 Å². The van der Waals surface area contributed by atoms with Crippen LogP contribution >= 0.6 is 34.2 Å². The summed E-state index contributed by atoms with van der Waals surface area (Å²) < 4.78 is 1.07. The third kappa shape index (κ3) is 2.73. The number of nitrogen functional groups attached to an aromatic ring is 1. The summed E-state index contributed by atoms with van der Waals surface area (Å²) in [6.45, 7) is 0. The normalized spacial score (nSPS) is 10.1. The average molecular weight is 347 g/mol. The molecule has 0 atom stereocenters. The van der Waals surface area contributed by atoms with Crippen molar-refractivity contribution in [1.82, 2.24) is 9.97 Å². The van der Waals surface area contributed by atoms with Crippen molar-refractivity contribution in [3.8, 4) is 0 Å². The predicted octanol–water partition coefficient (Wildman–Crippen LogP) is 3.06. The smallest absolute Gasteiger partial charge is 0.229 e. The molecule has 0 saturated heterocycles. The Morgan fingerprint density at radius 2 is 2.12 bits per heavy atom. The van der Waals surface area contributed by atoms with E-state index in [4.69, 9.17) is 17.3 Å². The van der Waals surface area contributed by atoms with E-state index in [1.165, 1.54) is 0 Å². The number of halogens is 2. The Labute approximate surface area is 111 Å². The van der Waals surface area contributed by atoms with Crippen LogP contribution in [0.15, 0.2) is 30.5 Å². The molecule has 1 heterocycles. The highest BCUT2D eigenvalue weighted by atomic mass is 127. The number of aromatic nitrogens is 2. The number of hydrogen-bond acceptors (Lipinski definition) is 4. The van der Waals surface area contributed by atoms with Crippen LogP contribution in [0.3, 0.4) is 0 Å². The number of hydrogen-bond donors (Lipinski definition) is 2. The lowest BCUT2D eigenvalue weighted by atomic mass is 10.3. The van der Waals surface area contributed by atoms with Crippen LogP contribution in [0, 0.1) is 3.57 Å². The maximum absolute atomic E-state index is 6.07. The van der Waals surface area contributed by atoms with Gasteiger partial charge in [0.2, 0.25) is 5.95 Å². The second kappa shape index (κ2) is 4.84. The number of nitrogens with one attached hydrogen (secondary N) is 1. The molecule has 0 saturated carbocycles. The largest absolute Gasteiger partial charge is 0.384 e. The third-order valence-electron chi connectivity index (χ3n) is 1.85. The molecule has 0 amide bonds. The van der Waals surface area contributed by atoms with Gasteiger partial charge in [0.25, 0.3) is 0 Å². The molecule has 0 fully saturated rings. The van der Waals surface area contributed by atoms with Crippen LogP contribution in [-0.4, -0.2) is 9.97 Å². The molecule has 1 aromatic carbocycles. The molecular formula is C10H8ClIN4. The van der Waals surface area contributed by atoms with Crippen LogP contribution in [0.5, 0.6) is 0 Å². The molecule has 16 heavy (non-hydrogen) atoms. The SMILES string of the molecule is Nc1ccnc(Nc2ccc(I)cc2Cl)n1. The molecule has 0 unspecified atom stereocenters. The van der Waals surface area contributed by atoms with E-state index < -0.39 is 0 Å². The summed E-state index contributed by atoms with van der Waals surface area (Å²) in [6, 6.07) is 7.30. The molecule has 4 nitrogen and oxygen atoms in total. The molecule has 0 aliphatic carbocycles. The molecule has 0 aliphatic rings. The maximum atomic E-state index is 6.07. The molecule has 0 radical (unpaired) electrons. The number of nitrogens with zero attached hydrogens (tertiary/aromatic N) is 2. The zero-order valence-corrected chi connectivity index (χ0v) is 11.0. The van der Waals surface area contributed by atoms with Gasteiger partial charge in [0.05, 0.1) is 10.7 Å². The molecular weight excluding hydrogens is 338 g/mol. The first-order valence-electron chi connectivity index (χ1n) is 4.46. The maximum Gasteiger partial charge on any atom is 0.229 e. The van der Waals surface area contributed by atoms with Crippen LogP contribution < -0.4 is 11.1 Å². The minimum Gasteiger partial charge on any atom is -0.384 e. The van der Waals surface area contributed by atoms with Crippen LogP contribution in [0.1, 0.15) is 0 Å². The molecule has 0 spiro atoms. The summed E-state index contributed by atoms with van der Waals surface area (Å²) in [7, 11) is 0. The Hall–Kier alpha value is -1.08. The minimum absolute atomic E-state index is 0.416.